The first-order chi connectivity index (χ1) is 13.1. The molecule has 0 saturated heterocycles. The third-order valence-corrected chi connectivity index (χ3v) is 5.48. The molecule has 0 N–H and O–H groups in total. The molecule has 0 radical (unpaired) electrons. The van der Waals surface area contributed by atoms with Crippen LogP contribution in [0, 0.1) is 0 Å². The predicted octanol–water partition coefficient (Wildman–Crippen LogP) is 7.32. The van der Waals surface area contributed by atoms with E-state index >= 15 is 0 Å². The van der Waals surface area contributed by atoms with E-state index in [0.717, 1.165) is 17.9 Å². The summed E-state index contributed by atoms with van der Waals surface area (Å²) in [5.41, 5.74) is 6.02. The van der Waals surface area contributed by atoms with Gasteiger partial charge in [0.1, 0.15) is 0 Å². The van der Waals surface area contributed by atoms with Crippen LogP contribution in [-0.2, 0) is 0 Å². The Balaban J connectivity index is 0.000000180. The first kappa shape index (κ1) is 19.0. The summed E-state index contributed by atoms with van der Waals surface area (Å²) in [5.74, 6) is 0.709. The Morgan fingerprint density at radius 1 is 0.778 bits per heavy atom. The highest BCUT2D eigenvalue weighted by Gasteiger charge is 2.22. The second kappa shape index (κ2) is 8.26. The first-order valence-corrected chi connectivity index (χ1v) is 9.81. The van der Waals surface area contributed by atoms with Crippen LogP contribution in [0.15, 0.2) is 79.9 Å². The molecule has 3 aromatic carbocycles. The van der Waals surface area contributed by atoms with Crippen LogP contribution < -0.4 is 0 Å². The van der Waals surface area contributed by atoms with Crippen LogP contribution >= 0.6 is 0 Å². The molecule has 0 bridgehead atoms. The zero-order chi connectivity index (χ0) is 19.4. The van der Waals surface area contributed by atoms with Crippen molar-refractivity contribution >= 4 is 22.2 Å². The maximum Gasteiger partial charge on any atom is 0.0417 e. The van der Waals surface area contributed by atoms with Gasteiger partial charge in [0.2, 0.25) is 0 Å². The molecule has 0 aliphatic carbocycles. The molecule has 0 spiro atoms. The molecule has 3 aromatic rings. The Bertz CT molecular complexity index is 902. The molecule has 0 amide bonds. The van der Waals surface area contributed by atoms with Gasteiger partial charge in [-0.05, 0) is 30.2 Å². The average Bonchev–Trinajstić information content (AvgIpc) is 2.73. The molecular weight excluding hydrogens is 326 g/mol. The van der Waals surface area contributed by atoms with Crippen molar-refractivity contribution < 1.29 is 0 Å². The molecule has 0 aromatic heterocycles. The largest absolute Gasteiger partial charge is 0.342 e. The molecule has 1 unspecified atom stereocenters. The van der Waals surface area contributed by atoms with Gasteiger partial charge in [-0.25, -0.2) is 0 Å². The lowest BCUT2D eigenvalue weighted by Crippen LogP contribution is -2.22. The van der Waals surface area contributed by atoms with Crippen molar-refractivity contribution in [1.29, 1.82) is 0 Å². The number of hydrogen-bond donors (Lipinski definition) is 0. The lowest BCUT2D eigenvalue weighted by Gasteiger charge is -2.33. The maximum absolute atomic E-state index is 4.21. The van der Waals surface area contributed by atoms with Crippen molar-refractivity contribution in [2.75, 3.05) is 6.54 Å². The second-order valence-electron chi connectivity index (χ2n) is 7.07. The van der Waals surface area contributed by atoms with Crippen LogP contribution in [-0.4, -0.2) is 11.4 Å². The Labute approximate surface area is 163 Å². The zero-order valence-corrected chi connectivity index (χ0v) is 16.7. The smallest absolute Gasteiger partial charge is 0.0417 e. The van der Waals surface area contributed by atoms with Crippen LogP contribution in [0.1, 0.15) is 49.8 Å². The summed E-state index contributed by atoms with van der Waals surface area (Å²) >= 11 is 0. The fourth-order valence-corrected chi connectivity index (χ4v) is 3.67. The monoisotopic (exact) mass is 355 g/mol. The molecule has 1 heteroatoms. The van der Waals surface area contributed by atoms with Crippen LogP contribution in [0.25, 0.3) is 22.2 Å². The minimum atomic E-state index is 0.709. The Morgan fingerprint density at radius 3 is 1.81 bits per heavy atom. The Kier molecular flexibility index (Phi) is 5.81. The third kappa shape index (κ3) is 3.68. The van der Waals surface area contributed by atoms with Crippen LogP contribution in [0.3, 0.4) is 0 Å². The zero-order valence-electron chi connectivity index (χ0n) is 16.7. The van der Waals surface area contributed by atoms with E-state index in [1.54, 1.807) is 0 Å². The quantitative estimate of drug-likeness (QED) is 0.476. The highest BCUT2D eigenvalue weighted by molar-refractivity contribution is 6.05. The highest BCUT2D eigenvalue weighted by atomic mass is 15.1. The molecule has 1 heterocycles. The van der Waals surface area contributed by atoms with Gasteiger partial charge >= 0.3 is 0 Å². The SMILES string of the molecule is C=C1c2cccc3cccc(c23)C(=C)N1CC.CCC(C)c1ccccc1. The number of nitrogens with zero attached hydrogens (tertiary/aromatic N) is 1. The molecule has 4 rings (SSSR count). The molecule has 0 fully saturated rings. The van der Waals surface area contributed by atoms with Crippen molar-refractivity contribution in [2.24, 2.45) is 0 Å². The van der Waals surface area contributed by atoms with Gasteiger partial charge in [0.15, 0.2) is 0 Å². The summed E-state index contributed by atoms with van der Waals surface area (Å²) < 4.78 is 0. The van der Waals surface area contributed by atoms with Gasteiger partial charge in [0.25, 0.3) is 0 Å². The molecule has 27 heavy (non-hydrogen) atoms. The molecule has 1 atom stereocenters. The summed E-state index contributed by atoms with van der Waals surface area (Å²) in [6.07, 6.45) is 1.23. The van der Waals surface area contributed by atoms with Gasteiger partial charge in [-0.15, -0.1) is 0 Å². The summed E-state index contributed by atoms with van der Waals surface area (Å²) in [4.78, 5) is 2.18. The third-order valence-electron chi connectivity index (χ3n) is 5.48. The Morgan fingerprint density at radius 2 is 1.33 bits per heavy atom. The topological polar surface area (TPSA) is 3.24 Å². The number of rotatable bonds is 3. The second-order valence-corrected chi connectivity index (χ2v) is 7.07. The minimum absolute atomic E-state index is 0.709. The van der Waals surface area contributed by atoms with Gasteiger partial charge in [0, 0.05) is 34.5 Å². The fourth-order valence-electron chi connectivity index (χ4n) is 3.67. The predicted molar refractivity (Wildman–Crippen MR) is 120 cm³/mol. The lowest BCUT2D eigenvalue weighted by molar-refractivity contribution is 0.588. The van der Waals surface area contributed by atoms with Crippen molar-refractivity contribution in [3.05, 3.63) is 96.6 Å². The van der Waals surface area contributed by atoms with Crippen LogP contribution in [0.2, 0.25) is 0 Å². The van der Waals surface area contributed by atoms with Gasteiger partial charge in [-0.1, -0.05) is 93.7 Å². The van der Waals surface area contributed by atoms with E-state index in [0.29, 0.717) is 5.92 Å². The van der Waals surface area contributed by atoms with Gasteiger partial charge < -0.3 is 4.90 Å². The summed E-state index contributed by atoms with van der Waals surface area (Å²) in [6.45, 7) is 15.9. The summed E-state index contributed by atoms with van der Waals surface area (Å²) in [5, 5.41) is 2.55. The number of hydrogen-bond acceptors (Lipinski definition) is 1. The fraction of sp³-hybridized carbons (Fsp3) is 0.231. The average molecular weight is 356 g/mol. The van der Waals surface area contributed by atoms with Crippen molar-refractivity contribution in [3.63, 3.8) is 0 Å². The molecular formula is C26H29N. The molecule has 1 aliphatic rings. The van der Waals surface area contributed by atoms with Crippen LogP contribution in [0.4, 0.5) is 0 Å². The lowest BCUT2D eigenvalue weighted by atomic mass is 9.91. The molecule has 1 nitrogen and oxygen atoms in total. The number of benzene rings is 3. The van der Waals surface area contributed by atoms with E-state index in [-0.39, 0.29) is 0 Å². The van der Waals surface area contributed by atoms with E-state index in [1.165, 1.54) is 33.9 Å². The standard InChI is InChI=1S/C16H15N.C10H14/c1-4-17-11(2)14-9-5-7-13-8-6-10-15(12(17)3)16(13)14;1-3-9(2)10-7-5-4-6-8-10/h5-10H,2-4H2,1H3;4-9H,3H2,1-2H3. The normalized spacial score (nSPS) is 14.0. The van der Waals surface area contributed by atoms with E-state index in [9.17, 15) is 0 Å². The summed E-state index contributed by atoms with van der Waals surface area (Å²) in [7, 11) is 0. The van der Waals surface area contributed by atoms with Crippen molar-refractivity contribution in [2.45, 2.75) is 33.1 Å². The van der Waals surface area contributed by atoms with Gasteiger partial charge in [-0.2, -0.15) is 0 Å². The minimum Gasteiger partial charge on any atom is -0.342 e. The first-order valence-electron chi connectivity index (χ1n) is 9.81. The molecule has 1 aliphatic heterocycles. The van der Waals surface area contributed by atoms with E-state index in [4.69, 9.17) is 0 Å². The Hall–Kier alpha value is -2.80. The highest BCUT2D eigenvalue weighted by Crippen LogP contribution is 2.40. The van der Waals surface area contributed by atoms with Gasteiger partial charge in [0.05, 0.1) is 0 Å². The van der Waals surface area contributed by atoms with Gasteiger partial charge in [-0.3, -0.25) is 0 Å². The van der Waals surface area contributed by atoms with E-state index in [2.05, 4.69) is 106 Å². The molecule has 0 saturated carbocycles. The van der Waals surface area contributed by atoms with E-state index < -0.39 is 0 Å². The van der Waals surface area contributed by atoms with Crippen LogP contribution in [0.5, 0.6) is 0 Å². The molecule has 138 valence electrons. The summed E-state index contributed by atoms with van der Waals surface area (Å²) in [6, 6.07) is 23.4. The van der Waals surface area contributed by atoms with Crippen molar-refractivity contribution in [3.8, 4) is 0 Å². The van der Waals surface area contributed by atoms with E-state index in [1.807, 2.05) is 0 Å². The maximum atomic E-state index is 4.21. The van der Waals surface area contributed by atoms with Crippen molar-refractivity contribution in [1.82, 2.24) is 4.90 Å².